The van der Waals surface area contributed by atoms with E-state index < -0.39 is 5.97 Å². The highest BCUT2D eigenvalue weighted by Gasteiger charge is 2.15. The van der Waals surface area contributed by atoms with Gasteiger partial charge in [0.1, 0.15) is 17.1 Å². The molecule has 0 atom stereocenters. The molecule has 0 aliphatic heterocycles. The number of hydrogen-bond donors (Lipinski definition) is 1. The van der Waals surface area contributed by atoms with E-state index in [9.17, 15) is 4.79 Å². The number of aromatic carboxylic acids is 1. The number of carbonyl (C=O) groups is 1. The molecule has 0 aliphatic carbocycles. The maximum Gasteiger partial charge on any atom is 0.340 e. The molecular formula is C12H7Br2NO3. The van der Waals surface area contributed by atoms with Crippen molar-refractivity contribution in [1.29, 1.82) is 0 Å². The van der Waals surface area contributed by atoms with E-state index in [4.69, 9.17) is 9.84 Å². The van der Waals surface area contributed by atoms with Crippen LogP contribution < -0.4 is 4.74 Å². The van der Waals surface area contributed by atoms with Gasteiger partial charge in [0.15, 0.2) is 0 Å². The van der Waals surface area contributed by atoms with Crippen molar-refractivity contribution in [3.05, 3.63) is 51.2 Å². The fraction of sp³-hybridized carbons (Fsp3) is 0. The Balaban J connectivity index is 2.40. The molecule has 1 heterocycles. The molecule has 0 saturated carbocycles. The Hall–Kier alpha value is -1.40. The third-order valence-corrected chi connectivity index (χ3v) is 3.19. The van der Waals surface area contributed by atoms with Crippen LogP contribution in [-0.2, 0) is 0 Å². The molecule has 0 radical (unpaired) electrons. The maximum absolute atomic E-state index is 11.2. The van der Waals surface area contributed by atoms with Crippen molar-refractivity contribution in [3.8, 4) is 11.5 Å². The van der Waals surface area contributed by atoms with Gasteiger partial charge in [-0.15, -0.1) is 0 Å². The molecule has 0 saturated heterocycles. The lowest BCUT2D eigenvalue weighted by atomic mass is 10.2. The first-order valence-electron chi connectivity index (χ1n) is 4.88. The molecule has 1 N–H and O–H groups in total. The van der Waals surface area contributed by atoms with E-state index in [0.717, 1.165) is 4.47 Å². The summed E-state index contributed by atoms with van der Waals surface area (Å²) in [5, 5.41) is 9.14. The molecule has 0 aliphatic rings. The fourth-order valence-corrected chi connectivity index (χ4v) is 2.23. The Kier molecular flexibility index (Phi) is 3.98. The summed E-state index contributed by atoms with van der Waals surface area (Å²) in [4.78, 5) is 15.1. The van der Waals surface area contributed by atoms with Crippen LogP contribution in [-0.4, -0.2) is 16.1 Å². The Bertz CT molecular complexity index is 602. The van der Waals surface area contributed by atoms with E-state index in [1.54, 1.807) is 30.5 Å². The second kappa shape index (κ2) is 5.49. The quantitative estimate of drug-likeness (QED) is 0.881. The molecule has 92 valence electrons. The molecule has 18 heavy (non-hydrogen) atoms. The van der Waals surface area contributed by atoms with Crippen LogP contribution in [0.3, 0.4) is 0 Å². The van der Waals surface area contributed by atoms with Crippen molar-refractivity contribution in [2.75, 3.05) is 0 Å². The summed E-state index contributed by atoms with van der Waals surface area (Å²) in [7, 11) is 0. The van der Waals surface area contributed by atoms with Gasteiger partial charge in [-0.05, 0) is 50.1 Å². The minimum atomic E-state index is -1.06. The Labute approximate surface area is 120 Å². The summed E-state index contributed by atoms with van der Waals surface area (Å²) >= 11 is 6.46. The summed E-state index contributed by atoms with van der Waals surface area (Å²) < 4.78 is 6.75. The van der Waals surface area contributed by atoms with Crippen LogP contribution in [0.4, 0.5) is 0 Å². The molecule has 1 aromatic carbocycles. The topological polar surface area (TPSA) is 59.4 Å². The zero-order chi connectivity index (χ0) is 13.1. The number of benzene rings is 1. The van der Waals surface area contributed by atoms with Crippen molar-refractivity contribution in [1.82, 2.24) is 4.98 Å². The van der Waals surface area contributed by atoms with Gasteiger partial charge in [0.2, 0.25) is 0 Å². The molecule has 0 unspecified atom stereocenters. The van der Waals surface area contributed by atoms with Gasteiger partial charge in [-0.1, -0.05) is 6.07 Å². The summed E-state index contributed by atoms with van der Waals surface area (Å²) in [6.45, 7) is 0. The van der Waals surface area contributed by atoms with Crippen LogP contribution in [0.25, 0.3) is 0 Å². The lowest BCUT2D eigenvalue weighted by Crippen LogP contribution is -2.01. The highest BCUT2D eigenvalue weighted by Crippen LogP contribution is 2.31. The first kappa shape index (κ1) is 13.0. The summed E-state index contributed by atoms with van der Waals surface area (Å²) in [5.41, 5.74) is 0.0810. The number of aromatic nitrogens is 1. The number of halogens is 2. The van der Waals surface area contributed by atoms with Gasteiger partial charge in [-0.3, -0.25) is 4.98 Å². The van der Waals surface area contributed by atoms with Gasteiger partial charge in [0.05, 0.1) is 6.20 Å². The van der Waals surface area contributed by atoms with E-state index in [-0.39, 0.29) is 11.3 Å². The molecule has 0 fully saturated rings. The summed E-state index contributed by atoms with van der Waals surface area (Å²) in [6, 6.07) is 6.65. The number of pyridine rings is 1. The first-order valence-corrected chi connectivity index (χ1v) is 6.47. The summed E-state index contributed by atoms with van der Waals surface area (Å²) in [6.07, 6.45) is 3.13. The van der Waals surface area contributed by atoms with Crippen LogP contribution in [0.2, 0.25) is 0 Å². The van der Waals surface area contributed by atoms with Crippen molar-refractivity contribution in [2.45, 2.75) is 0 Å². The maximum atomic E-state index is 11.2. The lowest BCUT2D eigenvalue weighted by Gasteiger charge is -2.09. The molecule has 4 nitrogen and oxygen atoms in total. The van der Waals surface area contributed by atoms with Crippen molar-refractivity contribution >= 4 is 37.8 Å². The number of carboxylic acids is 1. The zero-order valence-electron chi connectivity index (χ0n) is 8.93. The van der Waals surface area contributed by atoms with Crippen LogP contribution in [0.5, 0.6) is 11.5 Å². The number of carboxylic acid groups (broad SMARTS) is 1. The predicted octanol–water partition coefficient (Wildman–Crippen LogP) is 4.10. The smallest absolute Gasteiger partial charge is 0.340 e. The summed E-state index contributed by atoms with van der Waals surface area (Å²) in [5.74, 6) is -0.331. The average molecular weight is 373 g/mol. The molecule has 2 aromatic rings. The molecule has 2 rings (SSSR count). The average Bonchev–Trinajstić information content (AvgIpc) is 2.28. The van der Waals surface area contributed by atoms with Gasteiger partial charge in [0.25, 0.3) is 0 Å². The molecule has 0 spiro atoms. The Morgan fingerprint density at radius 3 is 2.72 bits per heavy atom. The van der Waals surface area contributed by atoms with Gasteiger partial charge in [-0.25, -0.2) is 4.79 Å². The SMILES string of the molecule is O=C(O)c1c(Br)cccc1Oc1cncc(Br)c1. The minimum Gasteiger partial charge on any atom is -0.478 e. The van der Waals surface area contributed by atoms with Gasteiger partial charge < -0.3 is 9.84 Å². The number of ether oxygens (including phenoxy) is 1. The normalized spacial score (nSPS) is 10.1. The van der Waals surface area contributed by atoms with E-state index in [0.29, 0.717) is 10.2 Å². The highest BCUT2D eigenvalue weighted by molar-refractivity contribution is 9.10. The lowest BCUT2D eigenvalue weighted by molar-refractivity contribution is 0.0693. The van der Waals surface area contributed by atoms with Gasteiger partial charge >= 0.3 is 5.97 Å². The van der Waals surface area contributed by atoms with Crippen LogP contribution in [0.1, 0.15) is 10.4 Å². The Morgan fingerprint density at radius 2 is 2.06 bits per heavy atom. The minimum absolute atomic E-state index is 0.0810. The van der Waals surface area contributed by atoms with Gasteiger partial charge in [-0.2, -0.15) is 0 Å². The number of hydrogen-bond acceptors (Lipinski definition) is 3. The molecule has 0 amide bonds. The largest absolute Gasteiger partial charge is 0.478 e. The van der Waals surface area contributed by atoms with E-state index in [1.807, 2.05) is 0 Å². The molecule has 1 aromatic heterocycles. The van der Waals surface area contributed by atoms with Crippen molar-refractivity contribution in [2.24, 2.45) is 0 Å². The van der Waals surface area contributed by atoms with E-state index in [1.165, 1.54) is 6.20 Å². The Morgan fingerprint density at radius 1 is 1.28 bits per heavy atom. The second-order valence-corrected chi connectivity index (χ2v) is 5.13. The zero-order valence-corrected chi connectivity index (χ0v) is 12.1. The fourth-order valence-electron chi connectivity index (χ4n) is 1.37. The standard InChI is InChI=1S/C12H7Br2NO3/c13-7-4-8(6-15-5-7)18-10-3-1-2-9(14)11(10)12(16)17/h1-6H,(H,16,17). The second-order valence-electron chi connectivity index (χ2n) is 3.36. The monoisotopic (exact) mass is 371 g/mol. The first-order chi connectivity index (χ1) is 8.58. The van der Waals surface area contributed by atoms with Crippen molar-refractivity contribution in [3.63, 3.8) is 0 Å². The van der Waals surface area contributed by atoms with Crippen LogP contribution in [0, 0.1) is 0 Å². The van der Waals surface area contributed by atoms with Crippen LogP contribution >= 0.6 is 31.9 Å². The predicted molar refractivity (Wildman–Crippen MR) is 73.1 cm³/mol. The number of nitrogens with zero attached hydrogens (tertiary/aromatic N) is 1. The molecule has 0 bridgehead atoms. The molecular weight excluding hydrogens is 366 g/mol. The van der Waals surface area contributed by atoms with Crippen LogP contribution in [0.15, 0.2) is 45.6 Å². The molecule has 6 heteroatoms. The van der Waals surface area contributed by atoms with E-state index >= 15 is 0 Å². The number of rotatable bonds is 3. The third-order valence-electron chi connectivity index (χ3n) is 2.10. The highest BCUT2D eigenvalue weighted by atomic mass is 79.9. The van der Waals surface area contributed by atoms with Gasteiger partial charge in [0, 0.05) is 15.1 Å². The van der Waals surface area contributed by atoms with Crippen molar-refractivity contribution < 1.29 is 14.6 Å². The third kappa shape index (κ3) is 2.88. The van der Waals surface area contributed by atoms with E-state index in [2.05, 4.69) is 36.8 Å².